The van der Waals surface area contributed by atoms with Gasteiger partial charge in [-0.3, -0.25) is 0 Å². The first kappa shape index (κ1) is 24.4. The summed E-state index contributed by atoms with van der Waals surface area (Å²) in [6.45, 7) is 0. The summed E-state index contributed by atoms with van der Waals surface area (Å²) >= 11 is 15.0. The molecule has 0 spiro atoms. The Morgan fingerprint density at radius 3 is 1.71 bits per heavy atom. The molecule has 158 valence electrons. The maximum Gasteiger partial charge on any atom is 0.378 e. The molecule has 0 bridgehead atoms. The number of hydrogen-bond donors (Lipinski definition) is 3. The minimum Gasteiger partial charge on any atom is -0.505 e. The van der Waals surface area contributed by atoms with Crippen LogP contribution in [-0.4, -0.2) is 21.3 Å². The van der Waals surface area contributed by atoms with Gasteiger partial charge in [-0.1, -0.05) is 15.9 Å². The van der Waals surface area contributed by atoms with Gasteiger partial charge in [0, 0.05) is 20.1 Å². The molecule has 0 unspecified atom stereocenters. The van der Waals surface area contributed by atoms with Gasteiger partial charge in [0.05, 0.1) is 23.5 Å². The van der Waals surface area contributed by atoms with E-state index in [0.29, 0.717) is 56.3 Å². The molecule has 31 heavy (non-hydrogen) atoms. The van der Waals surface area contributed by atoms with E-state index in [4.69, 9.17) is 4.42 Å². The SMILES string of the molecule is O=C(O)c1c(Br)ccc(Br)c1-c1c2cc(I)c(O)c(I)c2[o+]c2c(I)c(O)c(I)cc12. The van der Waals surface area contributed by atoms with E-state index < -0.39 is 5.97 Å². The first-order chi connectivity index (χ1) is 14.5. The summed E-state index contributed by atoms with van der Waals surface area (Å²) in [6.07, 6.45) is 0. The number of rotatable bonds is 2. The molecule has 4 aromatic rings. The summed E-state index contributed by atoms with van der Waals surface area (Å²) in [5.74, 6) is -0.921. The van der Waals surface area contributed by atoms with E-state index >= 15 is 0 Å². The molecule has 0 fully saturated rings. The Morgan fingerprint density at radius 2 is 1.26 bits per heavy atom. The van der Waals surface area contributed by atoms with E-state index in [0.717, 1.165) is 0 Å². The average molecular weight is 995 g/mol. The largest absolute Gasteiger partial charge is 0.505 e. The van der Waals surface area contributed by atoms with Crippen molar-refractivity contribution in [1.82, 2.24) is 0 Å². The summed E-state index contributed by atoms with van der Waals surface area (Å²) in [7, 11) is 0. The van der Waals surface area contributed by atoms with Crippen LogP contribution in [0.15, 0.2) is 37.6 Å². The zero-order valence-corrected chi connectivity index (χ0v) is 26.5. The van der Waals surface area contributed by atoms with Crippen molar-refractivity contribution in [2.24, 2.45) is 0 Å². The molecule has 1 aromatic heterocycles. The lowest BCUT2D eigenvalue weighted by atomic mass is 9.93. The molecule has 0 saturated heterocycles. The van der Waals surface area contributed by atoms with Gasteiger partial charge < -0.3 is 15.3 Å². The van der Waals surface area contributed by atoms with Gasteiger partial charge in [0.15, 0.2) is 18.6 Å². The quantitative estimate of drug-likeness (QED) is 0.107. The van der Waals surface area contributed by atoms with Crippen molar-refractivity contribution in [1.29, 1.82) is 0 Å². The van der Waals surface area contributed by atoms with Crippen molar-refractivity contribution in [2.45, 2.75) is 0 Å². The molecule has 0 amide bonds. The van der Waals surface area contributed by atoms with Crippen molar-refractivity contribution >= 4 is 150 Å². The smallest absolute Gasteiger partial charge is 0.378 e. The van der Waals surface area contributed by atoms with Crippen LogP contribution in [0.3, 0.4) is 0 Å². The molecule has 3 N–H and O–H groups in total. The third kappa shape index (κ3) is 4.05. The lowest BCUT2D eigenvalue weighted by molar-refractivity contribution is 0.0696. The first-order valence-electron chi connectivity index (χ1n) is 8.23. The van der Waals surface area contributed by atoms with Gasteiger partial charge in [-0.15, -0.1) is 0 Å². The number of carboxylic acid groups (broad SMARTS) is 1. The predicted octanol–water partition coefficient (Wildman–Crippen LogP) is 8.59. The summed E-state index contributed by atoms with van der Waals surface area (Å²) in [5.41, 5.74) is 2.01. The van der Waals surface area contributed by atoms with Crippen LogP contribution in [0.25, 0.3) is 33.1 Å². The molecule has 0 atom stereocenters. The molecule has 0 aliphatic rings. The van der Waals surface area contributed by atoms with Crippen LogP contribution in [-0.2, 0) is 0 Å². The Hall–Kier alpha value is 0.280. The highest BCUT2D eigenvalue weighted by atomic mass is 127. The molecule has 5 nitrogen and oxygen atoms in total. The van der Waals surface area contributed by atoms with E-state index in [-0.39, 0.29) is 17.1 Å². The fourth-order valence-corrected chi connectivity index (χ4v) is 7.88. The Balaban J connectivity index is 2.40. The second-order valence-electron chi connectivity index (χ2n) is 6.36. The van der Waals surface area contributed by atoms with Gasteiger partial charge in [0.25, 0.3) is 0 Å². The van der Waals surface area contributed by atoms with Gasteiger partial charge in [-0.2, -0.15) is 0 Å². The molecule has 1 heterocycles. The van der Waals surface area contributed by atoms with E-state index in [2.05, 4.69) is 31.9 Å². The second kappa shape index (κ2) is 9.14. The van der Waals surface area contributed by atoms with Crippen molar-refractivity contribution < 1.29 is 24.5 Å². The Kier molecular flexibility index (Phi) is 7.20. The van der Waals surface area contributed by atoms with Crippen LogP contribution in [0.1, 0.15) is 10.4 Å². The number of carbonyl (C=O) groups is 1. The van der Waals surface area contributed by atoms with Crippen LogP contribution in [0, 0.1) is 14.3 Å². The van der Waals surface area contributed by atoms with Crippen LogP contribution in [0.5, 0.6) is 11.5 Å². The Labute approximate surface area is 246 Å². The standard InChI is InChI=1S/C20H6Br2I4O5/c21-7-1-2-8(22)13(20(29)30)12(7)11-5-3-9(23)16(27)14(25)18(5)31-19-6(11)4-10(24)17(28)15(19)26/h1-4H,(H2-,27,28,29,30)/p+1. The monoisotopic (exact) mass is 992 g/mol. The van der Waals surface area contributed by atoms with Crippen molar-refractivity contribution in [3.05, 3.63) is 53.1 Å². The molecular formula is C20H7Br2I4O5+. The molecule has 0 saturated carbocycles. The molecule has 0 aliphatic carbocycles. The Morgan fingerprint density at radius 1 is 0.806 bits per heavy atom. The van der Waals surface area contributed by atoms with Gasteiger partial charge >= 0.3 is 17.1 Å². The van der Waals surface area contributed by atoms with Gasteiger partial charge in [0.1, 0.15) is 0 Å². The minimum absolute atomic E-state index is 0.0826. The number of hydrogen-bond acceptors (Lipinski definition) is 3. The number of benzene rings is 3. The summed E-state index contributed by atoms with van der Waals surface area (Å²) in [6, 6.07) is 7.00. The fraction of sp³-hybridized carbons (Fsp3) is 0. The predicted molar refractivity (Wildman–Crippen MR) is 160 cm³/mol. The maximum absolute atomic E-state index is 12.3. The molecule has 0 radical (unpaired) electrons. The molecule has 4 rings (SSSR count). The first-order valence-corrected chi connectivity index (χ1v) is 14.1. The number of halogens is 6. The highest BCUT2D eigenvalue weighted by molar-refractivity contribution is 14.1. The number of fused-ring (bicyclic) bond motifs is 2. The van der Waals surface area contributed by atoms with E-state index in [1.165, 1.54) is 0 Å². The van der Waals surface area contributed by atoms with Gasteiger partial charge in [-0.25, -0.2) is 9.21 Å². The van der Waals surface area contributed by atoms with E-state index in [1.54, 1.807) is 24.3 Å². The number of aromatic hydroxyl groups is 2. The fourth-order valence-electron chi connectivity index (χ4n) is 3.28. The van der Waals surface area contributed by atoms with E-state index in [1.807, 2.05) is 90.4 Å². The normalized spacial score (nSPS) is 11.4. The summed E-state index contributed by atoms with van der Waals surface area (Å²) in [5, 5.41) is 32.3. The van der Waals surface area contributed by atoms with Crippen LogP contribution in [0.2, 0.25) is 0 Å². The minimum atomic E-state index is -1.09. The third-order valence-electron chi connectivity index (χ3n) is 4.61. The molecule has 0 aliphatic heterocycles. The van der Waals surface area contributed by atoms with Crippen molar-refractivity contribution in [2.75, 3.05) is 0 Å². The topological polar surface area (TPSA) is 89.1 Å². The molecule has 3 aromatic carbocycles. The third-order valence-corrected chi connectivity index (χ3v) is 9.58. The highest BCUT2D eigenvalue weighted by Crippen LogP contribution is 2.48. The van der Waals surface area contributed by atoms with Crippen molar-refractivity contribution in [3.8, 4) is 22.6 Å². The second-order valence-corrected chi connectivity index (χ2v) is 12.5. The lowest BCUT2D eigenvalue weighted by Crippen LogP contribution is -2.03. The van der Waals surface area contributed by atoms with Crippen LogP contribution < -0.4 is 0 Å². The number of phenols is 2. The zero-order chi connectivity index (χ0) is 22.8. The average Bonchev–Trinajstić information content (AvgIpc) is 2.71. The van der Waals surface area contributed by atoms with Crippen LogP contribution in [0.4, 0.5) is 0 Å². The number of phenolic OH excluding ortho intramolecular Hbond substituents is 2. The molecule has 11 heteroatoms. The lowest BCUT2D eigenvalue weighted by Gasteiger charge is -2.14. The summed E-state index contributed by atoms with van der Waals surface area (Å²) in [4.78, 5) is 12.3. The number of aromatic carboxylic acids is 1. The van der Waals surface area contributed by atoms with Gasteiger partial charge in [0.2, 0.25) is 0 Å². The Bertz CT molecular complexity index is 1380. The van der Waals surface area contributed by atoms with Gasteiger partial charge in [-0.05, 0) is 131 Å². The number of carboxylic acids is 1. The maximum atomic E-state index is 12.3. The highest BCUT2D eigenvalue weighted by Gasteiger charge is 2.32. The molecular weight excluding hydrogens is 988 g/mol. The van der Waals surface area contributed by atoms with Crippen molar-refractivity contribution in [3.63, 3.8) is 0 Å². The van der Waals surface area contributed by atoms with E-state index in [9.17, 15) is 20.1 Å². The van der Waals surface area contributed by atoms with Crippen LogP contribution >= 0.6 is 122 Å². The zero-order valence-electron chi connectivity index (χ0n) is 14.7. The summed E-state index contributed by atoms with van der Waals surface area (Å²) < 4.78 is 9.44.